The average molecular weight is 328 g/mol. The third-order valence-electron chi connectivity index (χ3n) is 2.48. The fraction of sp³-hybridized carbons (Fsp3) is 0.167. The van der Waals surface area contributed by atoms with E-state index in [4.69, 9.17) is 23.2 Å². The lowest BCUT2D eigenvalue weighted by atomic mass is 10.3. The van der Waals surface area contributed by atoms with Gasteiger partial charge in [0.05, 0.1) is 15.6 Å². The maximum atomic E-state index is 11.0. The van der Waals surface area contributed by atoms with Gasteiger partial charge in [-0.25, -0.2) is 4.98 Å². The van der Waals surface area contributed by atoms with Crippen LogP contribution in [-0.2, 0) is 0 Å². The van der Waals surface area contributed by atoms with Crippen LogP contribution in [0.25, 0.3) is 0 Å². The first-order valence-electron chi connectivity index (χ1n) is 5.98. The molecule has 0 aliphatic carbocycles. The molecule has 0 atom stereocenters. The Hall–Kier alpha value is -2.12. The fourth-order valence-corrected chi connectivity index (χ4v) is 1.90. The number of aromatic nitrogens is 2. The second-order valence-electron chi connectivity index (χ2n) is 3.96. The molecule has 0 spiro atoms. The van der Waals surface area contributed by atoms with E-state index in [1.807, 2.05) is 6.92 Å². The lowest BCUT2D eigenvalue weighted by Crippen LogP contribution is -2.06. The smallest absolute Gasteiger partial charge is 0.329 e. The van der Waals surface area contributed by atoms with Gasteiger partial charge in [0.2, 0.25) is 11.8 Å². The van der Waals surface area contributed by atoms with E-state index < -0.39 is 4.92 Å². The van der Waals surface area contributed by atoms with E-state index in [-0.39, 0.29) is 17.5 Å². The first-order valence-corrected chi connectivity index (χ1v) is 6.74. The Morgan fingerprint density at radius 2 is 2.14 bits per heavy atom. The monoisotopic (exact) mass is 327 g/mol. The molecule has 1 aromatic heterocycles. The topological polar surface area (TPSA) is 93.0 Å². The summed E-state index contributed by atoms with van der Waals surface area (Å²) in [5, 5.41) is 17.6. The van der Waals surface area contributed by atoms with Crippen LogP contribution in [0.1, 0.15) is 6.92 Å². The Kier molecular flexibility index (Phi) is 4.77. The van der Waals surface area contributed by atoms with Crippen molar-refractivity contribution >= 4 is 46.3 Å². The highest BCUT2D eigenvalue weighted by atomic mass is 35.5. The SMILES string of the molecule is CCNc1ncc([N+](=O)[O-])c(Nc2cc(Cl)ccc2Cl)n1. The molecule has 0 radical (unpaired) electrons. The summed E-state index contributed by atoms with van der Waals surface area (Å²) in [4.78, 5) is 18.4. The first kappa shape index (κ1) is 15.3. The van der Waals surface area contributed by atoms with Gasteiger partial charge in [-0.15, -0.1) is 0 Å². The van der Waals surface area contributed by atoms with Gasteiger partial charge in [-0.3, -0.25) is 10.1 Å². The van der Waals surface area contributed by atoms with Crippen LogP contribution in [0.4, 0.5) is 23.1 Å². The van der Waals surface area contributed by atoms with Crippen LogP contribution in [0.5, 0.6) is 0 Å². The summed E-state index contributed by atoms with van der Waals surface area (Å²) < 4.78 is 0. The van der Waals surface area contributed by atoms with Crippen molar-refractivity contribution in [1.82, 2.24) is 9.97 Å². The van der Waals surface area contributed by atoms with Gasteiger partial charge in [-0.05, 0) is 25.1 Å². The standard InChI is InChI=1S/C12H11Cl2N5O2/c1-2-15-12-16-6-10(19(20)21)11(18-12)17-9-5-7(13)3-4-8(9)14/h3-6H,2H2,1H3,(H2,15,16,17,18). The Balaban J connectivity index is 2.43. The molecular formula is C12H11Cl2N5O2. The molecule has 21 heavy (non-hydrogen) atoms. The number of nitrogens with one attached hydrogen (secondary N) is 2. The Morgan fingerprint density at radius 3 is 2.81 bits per heavy atom. The largest absolute Gasteiger partial charge is 0.354 e. The molecule has 2 aromatic rings. The van der Waals surface area contributed by atoms with E-state index in [1.54, 1.807) is 18.2 Å². The molecule has 0 amide bonds. The van der Waals surface area contributed by atoms with Gasteiger partial charge < -0.3 is 10.6 Å². The summed E-state index contributed by atoms with van der Waals surface area (Å²) in [7, 11) is 0. The van der Waals surface area contributed by atoms with Crippen molar-refractivity contribution in [3.05, 3.63) is 44.6 Å². The van der Waals surface area contributed by atoms with Gasteiger partial charge >= 0.3 is 5.69 Å². The zero-order valence-electron chi connectivity index (χ0n) is 10.9. The maximum absolute atomic E-state index is 11.0. The van der Waals surface area contributed by atoms with Crippen molar-refractivity contribution in [3.63, 3.8) is 0 Å². The zero-order valence-corrected chi connectivity index (χ0v) is 12.4. The first-order chi connectivity index (χ1) is 10.0. The molecule has 1 aromatic carbocycles. The van der Waals surface area contributed by atoms with Crippen molar-refractivity contribution < 1.29 is 4.92 Å². The molecule has 0 aliphatic rings. The van der Waals surface area contributed by atoms with Crippen LogP contribution in [-0.4, -0.2) is 21.4 Å². The molecular weight excluding hydrogens is 317 g/mol. The summed E-state index contributed by atoms with van der Waals surface area (Å²) in [5.41, 5.74) is 0.168. The van der Waals surface area contributed by atoms with Gasteiger partial charge in [0.1, 0.15) is 6.20 Å². The predicted molar refractivity (Wildman–Crippen MR) is 82.6 cm³/mol. The van der Waals surface area contributed by atoms with Crippen LogP contribution in [0.15, 0.2) is 24.4 Å². The minimum absolute atomic E-state index is 0.0371. The van der Waals surface area contributed by atoms with E-state index in [9.17, 15) is 10.1 Å². The highest BCUT2D eigenvalue weighted by Gasteiger charge is 2.18. The van der Waals surface area contributed by atoms with Crippen molar-refractivity contribution in [3.8, 4) is 0 Å². The van der Waals surface area contributed by atoms with Gasteiger partial charge in [0.25, 0.3) is 0 Å². The van der Waals surface area contributed by atoms with E-state index in [0.29, 0.717) is 22.3 Å². The molecule has 2 N–H and O–H groups in total. The molecule has 0 bridgehead atoms. The van der Waals surface area contributed by atoms with Gasteiger partial charge in [0.15, 0.2) is 0 Å². The van der Waals surface area contributed by atoms with Gasteiger partial charge in [-0.2, -0.15) is 4.98 Å². The zero-order chi connectivity index (χ0) is 15.4. The molecule has 2 rings (SSSR count). The molecule has 110 valence electrons. The van der Waals surface area contributed by atoms with Gasteiger partial charge in [-0.1, -0.05) is 23.2 Å². The molecule has 9 heteroatoms. The molecule has 7 nitrogen and oxygen atoms in total. The van der Waals surface area contributed by atoms with Crippen molar-refractivity contribution in [2.75, 3.05) is 17.2 Å². The molecule has 0 saturated heterocycles. The van der Waals surface area contributed by atoms with Crippen molar-refractivity contribution in [2.24, 2.45) is 0 Å². The number of anilines is 3. The normalized spacial score (nSPS) is 10.2. The highest BCUT2D eigenvalue weighted by Crippen LogP contribution is 2.31. The number of nitro groups is 1. The molecule has 1 heterocycles. The lowest BCUT2D eigenvalue weighted by molar-refractivity contribution is -0.384. The summed E-state index contributed by atoms with van der Waals surface area (Å²) in [5.74, 6) is 0.318. The summed E-state index contributed by atoms with van der Waals surface area (Å²) >= 11 is 11.9. The predicted octanol–water partition coefficient (Wildman–Crippen LogP) is 3.87. The molecule has 0 unspecified atom stereocenters. The van der Waals surface area contributed by atoms with E-state index in [2.05, 4.69) is 20.6 Å². The number of hydrogen-bond donors (Lipinski definition) is 2. The third-order valence-corrected chi connectivity index (χ3v) is 3.05. The number of benzene rings is 1. The van der Waals surface area contributed by atoms with Crippen LogP contribution in [0.3, 0.4) is 0 Å². The third kappa shape index (κ3) is 3.71. The minimum Gasteiger partial charge on any atom is -0.354 e. The Bertz CT molecular complexity index is 681. The summed E-state index contributed by atoms with van der Waals surface area (Å²) in [6, 6.07) is 4.76. The van der Waals surface area contributed by atoms with Crippen LogP contribution < -0.4 is 10.6 Å². The minimum atomic E-state index is -0.573. The molecule has 0 aliphatic heterocycles. The number of nitrogens with zero attached hydrogens (tertiary/aromatic N) is 3. The van der Waals surface area contributed by atoms with E-state index in [0.717, 1.165) is 6.20 Å². The van der Waals surface area contributed by atoms with Crippen LogP contribution >= 0.6 is 23.2 Å². The number of halogens is 2. The van der Waals surface area contributed by atoms with Crippen LogP contribution in [0, 0.1) is 10.1 Å². The maximum Gasteiger partial charge on any atom is 0.329 e. The fourth-order valence-electron chi connectivity index (χ4n) is 1.57. The lowest BCUT2D eigenvalue weighted by Gasteiger charge is -2.09. The second kappa shape index (κ2) is 6.55. The summed E-state index contributed by atoms with van der Waals surface area (Å²) in [6.45, 7) is 2.46. The van der Waals surface area contributed by atoms with Crippen LogP contribution in [0.2, 0.25) is 10.0 Å². The highest BCUT2D eigenvalue weighted by molar-refractivity contribution is 6.35. The second-order valence-corrected chi connectivity index (χ2v) is 4.81. The number of rotatable bonds is 5. The van der Waals surface area contributed by atoms with E-state index >= 15 is 0 Å². The summed E-state index contributed by atoms with van der Waals surface area (Å²) in [6.07, 6.45) is 1.13. The Labute approximate surface area is 130 Å². The van der Waals surface area contributed by atoms with Gasteiger partial charge in [0, 0.05) is 11.6 Å². The molecule has 0 fully saturated rings. The quantitative estimate of drug-likeness (QED) is 0.639. The van der Waals surface area contributed by atoms with Crippen molar-refractivity contribution in [2.45, 2.75) is 6.92 Å². The number of hydrogen-bond acceptors (Lipinski definition) is 6. The Morgan fingerprint density at radius 1 is 1.38 bits per heavy atom. The molecule has 0 saturated carbocycles. The van der Waals surface area contributed by atoms with Crippen molar-refractivity contribution in [1.29, 1.82) is 0 Å². The average Bonchev–Trinajstić information content (AvgIpc) is 2.43. The van der Waals surface area contributed by atoms with E-state index in [1.165, 1.54) is 0 Å².